The van der Waals surface area contributed by atoms with E-state index < -0.39 is 0 Å². The normalized spacial score (nSPS) is 22.7. The predicted octanol–water partition coefficient (Wildman–Crippen LogP) is 1.90. The fourth-order valence-corrected chi connectivity index (χ4v) is 4.60. The number of rotatable bonds is 5. The van der Waals surface area contributed by atoms with Gasteiger partial charge in [0.15, 0.2) is 0 Å². The van der Waals surface area contributed by atoms with Gasteiger partial charge in [-0.15, -0.1) is 24.8 Å². The van der Waals surface area contributed by atoms with Crippen LogP contribution in [0.4, 0.5) is 0 Å². The molecule has 0 atom stereocenters. The molecular weight excluding hydrogens is 387 g/mol. The van der Waals surface area contributed by atoms with Crippen LogP contribution < -0.4 is 5.73 Å². The highest BCUT2D eigenvalue weighted by Crippen LogP contribution is 2.38. The highest BCUT2D eigenvalue weighted by molar-refractivity contribution is 5.85. The van der Waals surface area contributed by atoms with E-state index in [1.807, 2.05) is 9.80 Å². The van der Waals surface area contributed by atoms with Gasteiger partial charge in [-0.2, -0.15) is 0 Å². The molecule has 0 spiro atoms. The molecule has 0 bridgehead atoms. The summed E-state index contributed by atoms with van der Waals surface area (Å²) in [5.41, 5.74) is 6.07. The van der Waals surface area contributed by atoms with Gasteiger partial charge in [0, 0.05) is 45.7 Å². The molecule has 0 aromatic rings. The Labute approximate surface area is 176 Å². The Morgan fingerprint density at radius 3 is 1.85 bits per heavy atom. The largest absolute Gasteiger partial charge is 0.342 e. The Hall–Kier alpha value is -0.560. The number of nitrogens with two attached hydrogens (primary N) is 1. The molecule has 2 heterocycles. The number of carbonyl (C=O) groups is 2. The first kappa shape index (κ1) is 24.5. The van der Waals surface area contributed by atoms with Crippen molar-refractivity contribution in [2.24, 2.45) is 11.1 Å². The smallest absolute Gasteiger partial charge is 0.236 e. The molecule has 2 aliphatic heterocycles. The molecule has 0 unspecified atom stereocenters. The lowest BCUT2D eigenvalue weighted by Crippen LogP contribution is -2.52. The molecule has 2 amide bonds. The van der Waals surface area contributed by atoms with Crippen molar-refractivity contribution in [3.8, 4) is 0 Å². The van der Waals surface area contributed by atoms with Gasteiger partial charge in [-0.25, -0.2) is 0 Å². The van der Waals surface area contributed by atoms with E-state index in [-0.39, 0.29) is 42.0 Å². The molecule has 6 nitrogen and oxygen atoms in total. The molecule has 158 valence electrons. The highest BCUT2D eigenvalue weighted by Gasteiger charge is 2.35. The first-order valence-electron chi connectivity index (χ1n) is 10.1. The fourth-order valence-electron chi connectivity index (χ4n) is 4.60. The number of carbonyl (C=O) groups excluding carboxylic acids is 2. The Bertz CT molecular complexity index is 472. The van der Waals surface area contributed by atoms with Crippen molar-refractivity contribution in [3.05, 3.63) is 0 Å². The summed E-state index contributed by atoms with van der Waals surface area (Å²) in [5.74, 6) is 0.513. The zero-order valence-corrected chi connectivity index (χ0v) is 18.0. The van der Waals surface area contributed by atoms with Crippen LogP contribution in [-0.2, 0) is 9.59 Å². The number of halogens is 2. The van der Waals surface area contributed by atoms with Crippen molar-refractivity contribution in [1.29, 1.82) is 0 Å². The van der Waals surface area contributed by atoms with Gasteiger partial charge in [0.2, 0.25) is 11.8 Å². The molecule has 0 aromatic heterocycles. The molecule has 0 aromatic carbocycles. The van der Waals surface area contributed by atoms with Gasteiger partial charge < -0.3 is 15.5 Å². The lowest BCUT2D eigenvalue weighted by molar-refractivity contribution is -0.137. The lowest BCUT2D eigenvalue weighted by atomic mass is 9.71. The molecule has 3 fully saturated rings. The van der Waals surface area contributed by atoms with Crippen molar-refractivity contribution in [2.75, 3.05) is 52.4 Å². The van der Waals surface area contributed by atoms with Crippen molar-refractivity contribution in [2.45, 2.75) is 51.4 Å². The minimum absolute atomic E-state index is 0. The third kappa shape index (κ3) is 6.48. The van der Waals surface area contributed by atoms with E-state index >= 15 is 0 Å². The van der Waals surface area contributed by atoms with Crippen LogP contribution in [0.3, 0.4) is 0 Å². The first-order valence-corrected chi connectivity index (χ1v) is 10.1. The minimum Gasteiger partial charge on any atom is -0.342 e. The second-order valence-electron chi connectivity index (χ2n) is 8.19. The van der Waals surface area contributed by atoms with Crippen LogP contribution in [-0.4, -0.2) is 78.9 Å². The maximum atomic E-state index is 12.7. The van der Waals surface area contributed by atoms with Crippen LogP contribution in [0.5, 0.6) is 0 Å². The van der Waals surface area contributed by atoms with Gasteiger partial charge in [0.25, 0.3) is 0 Å². The Morgan fingerprint density at radius 1 is 0.741 bits per heavy atom. The van der Waals surface area contributed by atoms with Gasteiger partial charge >= 0.3 is 0 Å². The van der Waals surface area contributed by atoms with Crippen molar-refractivity contribution in [1.82, 2.24) is 14.7 Å². The number of nitrogens with zero attached hydrogens (tertiary/aromatic N) is 3. The highest BCUT2D eigenvalue weighted by atomic mass is 35.5. The minimum atomic E-state index is 0. The van der Waals surface area contributed by atoms with E-state index in [1.165, 1.54) is 19.3 Å². The number of likely N-dealkylation sites (tertiary alicyclic amines) is 1. The maximum absolute atomic E-state index is 12.7. The summed E-state index contributed by atoms with van der Waals surface area (Å²) < 4.78 is 0. The van der Waals surface area contributed by atoms with E-state index in [0.717, 1.165) is 65.0 Å². The van der Waals surface area contributed by atoms with Crippen molar-refractivity contribution < 1.29 is 9.59 Å². The van der Waals surface area contributed by atoms with Crippen LogP contribution in [0.1, 0.15) is 51.4 Å². The summed E-state index contributed by atoms with van der Waals surface area (Å²) in [6.07, 6.45) is 8.76. The zero-order chi connectivity index (χ0) is 17.7. The molecule has 0 radical (unpaired) electrons. The SMILES string of the molecule is Cl.Cl.NCC1(CC(=O)N2CCN(CC(=O)N3CCCC3)CC2)CCCCC1. The predicted molar refractivity (Wildman–Crippen MR) is 113 cm³/mol. The molecule has 3 aliphatic rings. The van der Waals surface area contributed by atoms with Gasteiger partial charge in [0.1, 0.15) is 0 Å². The molecule has 3 rings (SSSR count). The second kappa shape index (κ2) is 11.4. The molecule has 8 heteroatoms. The topological polar surface area (TPSA) is 69.9 Å². The Morgan fingerprint density at radius 2 is 1.30 bits per heavy atom. The summed E-state index contributed by atoms with van der Waals surface area (Å²) in [6, 6.07) is 0. The summed E-state index contributed by atoms with van der Waals surface area (Å²) in [5, 5.41) is 0. The number of amides is 2. The molecule has 1 saturated carbocycles. The fraction of sp³-hybridized carbons (Fsp3) is 0.895. The van der Waals surface area contributed by atoms with E-state index in [4.69, 9.17) is 5.73 Å². The van der Waals surface area contributed by atoms with Crippen LogP contribution in [0.15, 0.2) is 0 Å². The van der Waals surface area contributed by atoms with E-state index in [1.54, 1.807) is 0 Å². The quantitative estimate of drug-likeness (QED) is 0.734. The second-order valence-corrected chi connectivity index (χ2v) is 8.19. The summed E-state index contributed by atoms with van der Waals surface area (Å²) in [4.78, 5) is 31.2. The summed E-state index contributed by atoms with van der Waals surface area (Å²) in [7, 11) is 0. The van der Waals surface area contributed by atoms with E-state index in [2.05, 4.69) is 4.90 Å². The van der Waals surface area contributed by atoms with Gasteiger partial charge in [-0.1, -0.05) is 19.3 Å². The van der Waals surface area contributed by atoms with Crippen LogP contribution in [0.25, 0.3) is 0 Å². The van der Waals surface area contributed by atoms with Crippen LogP contribution in [0, 0.1) is 5.41 Å². The third-order valence-corrected chi connectivity index (χ3v) is 6.42. The molecule has 2 saturated heterocycles. The summed E-state index contributed by atoms with van der Waals surface area (Å²) >= 11 is 0. The number of hydrogen-bond donors (Lipinski definition) is 1. The molecule has 27 heavy (non-hydrogen) atoms. The standard InChI is InChI=1S/C19H34N4O2.2ClH/c20-16-19(6-2-1-3-7-19)14-17(24)23-12-10-21(11-13-23)15-18(25)22-8-4-5-9-22;;/h1-16,20H2;2*1H. The van der Waals surface area contributed by atoms with E-state index in [0.29, 0.717) is 19.5 Å². The molecule has 1 aliphatic carbocycles. The number of hydrogen-bond acceptors (Lipinski definition) is 4. The van der Waals surface area contributed by atoms with Crippen molar-refractivity contribution >= 4 is 36.6 Å². The van der Waals surface area contributed by atoms with Crippen molar-refractivity contribution in [3.63, 3.8) is 0 Å². The van der Waals surface area contributed by atoms with E-state index in [9.17, 15) is 9.59 Å². The molecular formula is C19H36Cl2N4O2. The zero-order valence-electron chi connectivity index (χ0n) is 16.4. The Kier molecular flexibility index (Phi) is 10.4. The molecule has 2 N–H and O–H groups in total. The maximum Gasteiger partial charge on any atom is 0.236 e. The lowest BCUT2D eigenvalue weighted by Gasteiger charge is -2.39. The van der Waals surface area contributed by atoms with Gasteiger partial charge in [-0.05, 0) is 37.6 Å². The third-order valence-electron chi connectivity index (χ3n) is 6.42. The van der Waals surface area contributed by atoms with Crippen LogP contribution >= 0.6 is 24.8 Å². The van der Waals surface area contributed by atoms with Gasteiger partial charge in [-0.3, -0.25) is 14.5 Å². The average Bonchev–Trinajstić information content (AvgIpc) is 3.18. The van der Waals surface area contributed by atoms with Crippen LogP contribution in [0.2, 0.25) is 0 Å². The van der Waals surface area contributed by atoms with Gasteiger partial charge in [0.05, 0.1) is 6.54 Å². The monoisotopic (exact) mass is 422 g/mol. The average molecular weight is 423 g/mol. The first-order chi connectivity index (χ1) is 12.1. The Balaban J connectivity index is 0.00000182. The summed E-state index contributed by atoms with van der Waals surface area (Å²) in [6.45, 7) is 6.07. The number of piperazine rings is 1.